The van der Waals surface area contributed by atoms with Gasteiger partial charge in [-0.05, 0) is 24.6 Å². The van der Waals surface area contributed by atoms with Crippen molar-refractivity contribution >= 4 is 33.4 Å². The van der Waals surface area contributed by atoms with Crippen LogP contribution in [0.5, 0.6) is 0 Å². The van der Waals surface area contributed by atoms with E-state index >= 15 is 0 Å². The SMILES string of the molecule is C=CCSCC(=O)Nc1cc(S(N)(=O)=O)ccc1C. The van der Waals surface area contributed by atoms with Crippen molar-refractivity contribution in [3.8, 4) is 0 Å². The van der Waals surface area contributed by atoms with Crippen molar-refractivity contribution in [2.45, 2.75) is 11.8 Å². The highest BCUT2D eigenvalue weighted by Gasteiger charge is 2.11. The first-order chi connectivity index (χ1) is 8.84. The Morgan fingerprint density at radius 2 is 2.21 bits per heavy atom. The van der Waals surface area contributed by atoms with E-state index in [-0.39, 0.29) is 16.6 Å². The molecule has 0 heterocycles. The van der Waals surface area contributed by atoms with Crippen LogP contribution in [0.25, 0.3) is 0 Å². The molecule has 1 amide bonds. The third kappa shape index (κ3) is 5.06. The van der Waals surface area contributed by atoms with Crippen LogP contribution in [0.2, 0.25) is 0 Å². The Morgan fingerprint density at radius 3 is 2.79 bits per heavy atom. The summed E-state index contributed by atoms with van der Waals surface area (Å²) in [5.74, 6) is 0.774. The second-order valence-corrected chi connectivity index (χ2v) is 6.47. The first-order valence-electron chi connectivity index (χ1n) is 5.46. The molecule has 0 bridgehead atoms. The summed E-state index contributed by atoms with van der Waals surface area (Å²) in [7, 11) is -3.77. The minimum absolute atomic E-state index is 0.0212. The van der Waals surface area contributed by atoms with E-state index in [4.69, 9.17) is 5.14 Å². The molecule has 0 aliphatic rings. The maximum Gasteiger partial charge on any atom is 0.238 e. The number of nitrogens with one attached hydrogen (secondary N) is 1. The smallest absolute Gasteiger partial charge is 0.238 e. The highest BCUT2D eigenvalue weighted by molar-refractivity contribution is 8.00. The lowest BCUT2D eigenvalue weighted by molar-refractivity contribution is -0.113. The van der Waals surface area contributed by atoms with Crippen LogP contribution in [0.15, 0.2) is 35.7 Å². The number of thioether (sulfide) groups is 1. The molecule has 0 aromatic heterocycles. The summed E-state index contributed by atoms with van der Waals surface area (Å²) in [6.07, 6.45) is 1.71. The van der Waals surface area contributed by atoms with Crippen molar-refractivity contribution < 1.29 is 13.2 Å². The Labute approximate surface area is 117 Å². The number of primary sulfonamides is 1. The minimum atomic E-state index is -3.77. The van der Waals surface area contributed by atoms with Gasteiger partial charge in [0.25, 0.3) is 0 Å². The quantitative estimate of drug-likeness (QED) is 0.615. The van der Waals surface area contributed by atoms with Gasteiger partial charge in [0.1, 0.15) is 0 Å². The molecule has 0 fully saturated rings. The fourth-order valence-electron chi connectivity index (χ4n) is 1.33. The summed E-state index contributed by atoms with van der Waals surface area (Å²) in [4.78, 5) is 11.6. The van der Waals surface area contributed by atoms with E-state index < -0.39 is 10.0 Å². The fraction of sp³-hybridized carbons (Fsp3) is 0.250. The number of carbonyl (C=O) groups excluding carboxylic acids is 1. The van der Waals surface area contributed by atoms with Crippen LogP contribution >= 0.6 is 11.8 Å². The lowest BCUT2D eigenvalue weighted by Gasteiger charge is -2.09. The number of hydrogen-bond donors (Lipinski definition) is 2. The number of benzene rings is 1. The van der Waals surface area contributed by atoms with Crippen LogP contribution < -0.4 is 10.5 Å². The summed E-state index contributed by atoms with van der Waals surface area (Å²) in [5, 5.41) is 7.72. The van der Waals surface area contributed by atoms with Gasteiger partial charge in [-0.2, -0.15) is 0 Å². The number of sulfonamides is 1. The molecule has 0 radical (unpaired) electrons. The van der Waals surface area contributed by atoms with Gasteiger partial charge >= 0.3 is 0 Å². The molecule has 1 aromatic carbocycles. The van der Waals surface area contributed by atoms with Gasteiger partial charge in [-0.1, -0.05) is 12.1 Å². The molecular weight excluding hydrogens is 284 g/mol. The van der Waals surface area contributed by atoms with Gasteiger partial charge in [0.15, 0.2) is 0 Å². The molecule has 19 heavy (non-hydrogen) atoms. The van der Waals surface area contributed by atoms with Gasteiger partial charge in [-0.25, -0.2) is 13.6 Å². The van der Waals surface area contributed by atoms with Crippen molar-refractivity contribution in [1.29, 1.82) is 0 Å². The summed E-state index contributed by atoms with van der Waals surface area (Å²) in [6, 6.07) is 4.37. The maximum atomic E-state index is 11.7. The zero-order valence-electron chi connectivity index (χ0n) is 10.5. The van der Waals surface area contributed by atoms with Crippen molar-refractivity contribution in [1.82, 2.24) is 0 Å². The topological polar surface area (TPSA) is 89.3 Å². The number of hydrogen-bond acceptors (Lipinski definition) is 4. The molecule has 104 valence electrons. The monoisotopic (exact) mass is 300 g/mol. The third-order valence-corrected chi connectivity index (χ3v) is 4.13. The van der Waals surface area contributed by atoms with Crippen molar-refractivity contribution in [3.05, 3.63) is 36.4 Å². The maximum absolute atomic E-state index is 11.7. The van der Waals surface area contributed by atoms with Crippen LogP contribution in [0, 0.1) is 6.92 Å². The van der Waals surface area contributed by atoms with E-state index in [1.165, 1.54) is 23.9 Å². The molecule has 3 N–H and O–H groups in total. The number of amides is 1. The standard InChI is InChI=1S/C12H16N2O3S2/c1-3-6-18-8-12(15)14-11-7-10(19(13,16)17)5-4-9(11)2/h3-5,7H,1,6,8H2,2H3,(H,14,15)(H2,13,16,17). The largest absolute Gasteiger partial charge is 0.325 e. The Kier molecular flexibility index (Phi) is 5.59. The second kappa shape index (κ2) is 6.74. The summed E-state index contributed by atoms with van der Waals surface area (Å²) < 4.78 is 22.5. The molecular formula is C12H16N2O3S2. The average Bonchev–Trinajstić information content (AvgIpc) is 2.31. The lowest BCUT2D eigenvalue weighted by Crippen LogP contribution is -2.17. The van der Waals surface area contributed by atoms with E-state index in [0.717, 1.165) is 5.56 Å². The fourth-order valence-corrected chi connectivity index (χ4v) is 2.42. The number of nitrogens with two attached hydrogens (primary N) is 1. The van der Waals surface area contributed by atoms with E-state index in [1.54, 1.807) is 19.1 Å². The van der Waals surface area contributed by atoms with E-state index in [1.807, 2.05) is 0 Å². The van der Waals surface area contributed by atoms with E-state index in [9.17, 15) is 13.2 Å². The van der Waals surface area contributed by atoms with Crippen molar-refractivity contribution in [3.63, 3.8) is 0 Å². The predicted molar refractivity (Wildman–Crippen MR) is 78.7 cm³/mol. The average molecular weight is 300 g/mol. The second-order valence-electron chi connectivity index (χ2n) is 3.87. The Hall–Kier alpha value is -1.31. The molecule has 0 saturated carbocycles. The Morgan fingerprint density at radius 1 is 1.53 bits per heavy atom. The summed E-state index contributed by atoms with van der Waals surface area (Å²) >= 11 is 1.42. The number of anilines is 1. The first-order valence-corrected chi connectivity index (χ1v) is 8.16. The Balaban J connectivity index is 2.83. The molecule has 5 nitrogen and oxygen atoms in total. The molecule has 0 atom stereocenters. The van der Waals surface area contributed by atoms with Crippen molar-refractivity contribution in [2.75, 3.05) is 16.8 Å². The Bertz CT molecular complexity index is 583. The molecule has 0 spiro atoms. The zero-order chi connectivity index (χ0) is 14.5. The highest BCUT2D eigenvalue weighted by atomic mass is 32.2. The third-order valence-electron chi connectivity index (χ3n) is 2.28. The molecule has 1 aromatic rings. The predicted octanol–water partition coefficient (Wildman–Crippen LogP) is 1.50. The number of carbonyl (C=O) groups is 1. The van der Waals surface area contributed by atoms with E-state index in [0.29, 0.717) is 11.4 Å². The van der Waals surface area contributed by atoms with Gasteiger partial charge in [0, 0.05) is 11.4 Å². The van der Waals surface area contributed by atoms with Crippen LogP contribution in [-0.2, 0) is 14.8 Å². The summed E-state index contributed by atoms with van der Waals surface area (Å²) in [6.45, 7) is 5.34. The number of rotatable bonds is 6. The normalized spacial score (nSPS) is 11.1. The van der Waals surface area contributed by atoms with E-state index in [2.05, 4.69) is 11.9 Å². The van der Waals surface area contributed by atoms with Gasteiger partial charge < -0.3 is 5.32 Å². The van der Waals surface area contributed by atoms with Crippen LogP contribution in [-0.4, -0.2) is 25.8 Å². The van der Waals surface area contributed by atoms with Gasteiger partial charge in [-0.15, -0.1) is 18.3 Å². The summed E-state index contributed by atoms with van der Waals surface area (Å²) in [5.41, 5.74) is 1.23. The zero-order valence-corrected chi connectivity index (χ0v) is 12.2. The molecule has 0 aliphatic carbocycles. The molecule has 0 aliphatic heterocycles. The lowest BCUT2D eigenvalue weighted by atomic mass is 10.2. The minimum Gasteiger partial charge on any atom is -0.325 e. The number of aryl methyl sites for hydroxylation is 1. The highest BCUT2D eigenvalue weighted by Crippen LogP contribution is 2.19. The van der Waals surface area contributed by atoms with Crippen molar-refractivity contribution in [2.24, 2.45) is 5.14 Å². The van der Waals surface area contributed by atoms with Gasteiger partial charge in [0.2, 0.25) is 15.9 Å². The molecule has 0 unspecified atom stereocenters. The van der Waals surface area contributed by atoms with Crippen LogP contribution in [0.1, 0.15) is 5.56 Å². The first kappa shape index (κ1) is 15.7. The van der Waals surface area contributed by atoms with Crippen LogP contribution in [0.4, 0.5) is 5.69 Å². The molecule has 0 saturated heterocycles. The molecule has 7 heteroatoms. The van der Waals surface area contributed by atoms with Gasteiger partial charge in [0.05, 0.1) is 10.6 Å². The molecule has 1 rings (SSSR count). The van der Waals surface area contributed by atoms with Gasteiger partial charge in [-0.3, -0.25) is 4.79 Å². The van der Waals surface area contributed by atoms with Crippen LogP contribution in [0.3, 0.4) is 0 Å².